The maximum atomic E-state index is 8.83. The molecule has 1 aromatic heterocycles. The van der Waals surface area contributed by atoms with Gasteiger partial charge in [0.2, 0.25) is 0 Å². The number of pyridine rings is 1. The average Bonchev–Trinajstić information content (AvgIpc) is 2.18. The number of thioether (sulfide) groups is 1. The molecular formula is C11H17NOS. The Morgan fingerprint density at radius 1 is 1.43 bits per heavy atom. The van der Waals surface area contributed by atoms with E-state index in [-0.39, 0.29) is 6.61 Å². The van der Waals surface area contributed by atoms with Crippen LogP contribution in [0, 0.1) is 5.92 Å². The molecule has 0 atom stereocenters. The van der Waals surface area contributed by atoms with Crippen LogP contribution in [-0.2, 0) is 6.61 Å². The first-order chi connectivity index (χ1) is 6.72. The highest BCUT2D eigenvalue weighted by molar-refractivity contribution is 7.99. The van der Waals surface area contributed by atoms with Crippen LogP contribution in [-0.4, -0.2) is 15.8 Å². The zero-order chi connectivity index (χ0) is 10.4. The van der Waals surface area contributed by atoms with E-state index >= 15 is 0 Å². The van der Waals surface area contributed by atoms with Crippen LogP contribution in [0.2, 0.25) is 0 Å². The first-order valence-electron chi connectivity index (χ1n) is 4.91. The molecule has 0 aliphatic carbocycles. The van der Waals surface area contributed by atoms with Gasteiger partial charge in [-0.15, -0.1) is 11.8 Å². The van der Waals surface area contributed by atoms with Gasteiger partial charge in [-0.2, -0.15) is 0 Å². The highest BCUT2D eigenvalue weighted by Gasteiger charge is 1.98. The van der Waals surface area contributed by atoms with Gasteiger partial charge in [0, 0.05) is 6.20 Å². The summed E-state index contributed by atoms with van der Waals surface area (Å²) in [6.07, 6.45) is 2.95. The second kappa shape index (κ2) is 6.04. The summed E-state index contributed by atoms with van der Waals surface area (Å²) in [5.41, 5.74) is 0.873. The molecule has 2 nitrogen and oxygen atoms in total. The number of aliphatic hydroxyl groups is 1. The van der Waals surface area contributed by atoms with E-state index in [4.69, 9.17) is 5.11 Å². The van der Waals surface area contributed by atoms with Gasteiger partial charge in [-0.3, -0.25) is 0 Å². The predicted octanol–water partition coefficient (Wildman–Crippen LogP) is 2.71. The van der Waals surface area contributed by atoms with Crippen molar-refractivity contribution in [3.8, 4) is 0 Å². The summed E-state index contributed by atoms with van der Waals surface area (Å²) in [5, 5.41) is 9.87. The lowest BCUT2D eigenvalue weighted by atomic mass is 10.2. The molecule has 1 N–H and O–H groups in total. The number of hydrogen-bond acceptors (Lipinski definition) is 3. The standard InChI is InChI=1S/C11H17NOS/c1-9(2)5-6-14-11-4-3-10(8-13)7-12-11/h3-4,7,9,13H,5-6,8H2,1-2H3. The van der Waals surface area contributed by atoms with Crippen molar-refractivity contribution in [2.45, 2.75) is 31.9 Å². The van der Waals surface area contributed by atoms with Crippen LogP contribution in [0.5, 0.6) is 0 Å². The highest BCUT2D eigenvalue weighted by Crippen LogP contribution is 2.18. The minimum absolute atomic E-state index is 0.0734. The maximum Gasteiger partial charge on any atom is 0.0960 e. The minimum atomic E-state index is 0.0734. The van der Waals surface area contributed by atoms with E-state index in [1.54, 1.807) is 18.0 Å². The molecule has 0 saturated heterocycles. The molecule has 0 aliphatic rings. The number of aliphatic hydroxyl groups excluding tert-OH is 1. The summed E-state index contributed by atoms with van der Waals surface area (Å²) in [4.78, 5) is 4.25. The molecule has 78 valence electrons. The average molecular weight is 211 g/mol. The Balaban J connectivity index is 2.36. The monoisotopic (exact) mass is 211 g/mol. The summed E-state index contributed by atoms with van der Waals surface area (Å²) < 4.78 is 0. The summed E-state index contributed by atoms with van der Waals surface area (Å²) in [6, 6.07) is 3.89. The molecule has 0 aliphatic heterocycles. The van der Waals surface area contributed by atoms with Crippen LogP contribution in [0.25, 0.3) is 0 Å². The van der Waals surface area contributed by atoms with Crippen LogP contribution in [0.1, 0.15) is 25.8 Å². The Hall–Kier alpha value is -0.540. The Morgan fingerprint density at radius 3 is 2.71 bits per heavy atom. The van der Waals surface area contributed by atoms with E-state index < -0.39 is 0 Å². The lowest BCUT2D eigenvalue weighted by Gasteiger charge is -2.03. The van der Waals surface area contributed by atoms with Gasteiger partial charge in [0.1, 0.15) is 0 Å². The second-order valence-corrected chi connectivity index (χ2v) is 4.81. The third kappa shape index (κ3) is 4.11. The normalized spacial score (nSPS) is 10.9. The maximum absolute atomic E-state index is 8.83. The Bertz CT molecular complexity index is 258. The van der Waals surface area contributed by atoms with Crippen molar-refractivity contribution < 1.29 is 5.11 Å². The lowest BCUT2D eigenvalue weighted by Crippen LogP contribution is -1.91. The number of rotatable bonds is 5. The van der Waals surface area contributed by atoms with Crippen LogP contribution in [0.3, 0.4) is 0 Å². The zero-order valence-electron chi connectivity index (χ0n) is 8.73. The third-order valence-corrected chi connectivity index (χ3v) is 2.90. The summed E-state index contributed by atoms with van der Waals surface area (Å²) in [6.45, 7) is 4.52. The topological polar surface area (TPSA) is 33.1 Å². The molecule has 0 amide bonds. The Morgan fingerprint density at radius 2 is 2.21 bits per heavy atom. The van der Waals surface area contributed by atoms with Gasteiger partial charge in [0.05, 0.1) is 11.6 Å². The molecule has 0 unspecified atom stereocenters. The molecule has 0 spiro atoms. The third-order valence-electron chi connectivity index (χ3n) is 1.93. The van der Waals surface area contributed by atoms with E-state index in [1.807, 2.05) is 12.1 Å². The molecular weight excluding hydrogens is 194 g/mol. The van der Waals surface area contributed by atoms with Crippen LogP contribution >= 0.6 is 11.8 Å². The molecule has 0 bridgehead atoms. The van der Waals surface area contributed by atoms with Gasteiger partial charge >= 0.3 is 0 Å². The summed E-state index contributed by atoms with van der Waals surface area (Å²) >= 11 is 1.78. The van der Waals surface area contributed by atoms with Crippen LogP contribution < -0.4 is 0 Å². The van der Waals surface area contributed by atoms with Crippen LogP contribution in [0.4, 0.5) is 0 Å². The van der Waals surface area contributed by atoms with Crippen molar-refractivity contribution >= 4 is 11.8 Å². The number of hydrogen-bond donors (Lipinski definition) is 1. The van der Waals surface area contributed by atoms with Crippen molar-refractivity contribution in [2.24, 2.45) is 5.92 Å². The van der Waals surface area contributed by atoms with Gasteiger partial charge < -0.3 is 5.11 Å². The Kier molecular flexibility index (Phi) is 4.98. The molecule has 1 heterocycles. The quantitative estimate of drug-likeness (QED) is 0.760. The van der Waals surface area contributed by atoms with Gasteiger partial charge in [0.25, 0.3) is 0 Å². The van der Waals surface area contributed by atoms with Gasteiger partial charge in [0.15, 0.2) is 0 Å². The van der Waals surface area contributed by atoms with Gasteiger partial charge in [-0.25, -0.2) is 4.98 Å². The smallest absolute Gasteiger partial charge is 0.0960 e. The van der Waals surface area contributed by atoms with Crippen molar-refractivity contribution in [1.82, 2.24) is 4.98 Å². The largest absolute Gasteiger partial charge is 0.392 e. The molecule has 0 aromatic carbocycles. The zero-order valence-corrected chi connectivity index (χ0v) is 9.55. The molecule has 1 rings (SSSR count). The summed E-state index contributed by atoms with van der Waals surface area (Å²) in [7, 11) is 0. The van der Waals surface area contributed by atoms with Crippen molar-refractivity contribution in [3.63, 3.8) is 0 Å². The fraction of sp³-hybridized carbons (Fsp3) is 0.545. The van der Waals surface area contributed by atoms with E-state index in [0.29, 0.717) is 0 Å². The molecule has 1 aromatic rings. The first kappa shape index (κ1) is 11.5. The number of nitrogens with zero attached hydrogens (tertiary/aromatic N) is 1. The first-order valence-corrected chi connectivity index (χ1v) is 5.89. The van der Waals surface area contributed by atoms with Crippen molar-refractivity contribution in [1.29, 1.82) is 0 Å². The minimum Gasteiger partial charge on any atom is -0.392 e. The fourth-order valence-corrected chi connectivity index (χ4v) is 2.08. The number of aromatic nitrogens is 1. The molecule has 3 heteroatoms. The van der Waals surface area contributed by atoms with Gasteiger partial charge in [-0.1, -0.05) is 19.9 Å². The van der Waals surface area contributed by atoms with Crippen molar-refractivity contribution in [2.75, 3.05) is 5.75 Å². The fourth-order valence-electron chi connectivity index (χ4n) is 0.989. The van der Waals surface area contributed by atoms with Crippen LogP contribution in [0.15, 0.2) is 23.4 Å². The SMILES string of the molecule is CC(C)CCSc1ccc(CO)cn1. The molecule has 14 heavy (non-hydrogen) atoms. The Labute approximate surface area is 89.8 Å². The van der Waals surface area contributed by atoms with E-state index in [1.165, 1.54) is 6.42 Å². The molecule has 0 fully saturated rings. The predicted molar refractivity (Wildman–Crippen MR) is 60.3 cm³/mol. The van der Waals surface area contributed by atoms with Crippen molar-refractivity contribution in [3.05, 3.63) is 23.9 Å². The van der Waals surface area contributed by atoms with E-state index in [9.17, 15) is 0 Å². The summed E-state index contributed by atoms with van der Waals surface area (Å²) in [5.74, 6) is 1.86. The molecule has 0 radical (unpaired) electrons. The van der Waals surface area contributed by atoms with E-state index in [2.05, 4.69) is 18.8 Å². The highest BCUT2D eigenvalue weighted by atomic mass is 32.2. The molecule has 0 saturated carbocycles. The lowest BCUT2D eigenvalue weighted by molar-refractivity contribution is 0.281. The van der Waals surface area contributed by atoms with Gasteiger partial charge in [-0.05, 0) is 29.7 Å². The van der Waals surface area contributed by atoms with E-state index in [0.717, 1.165) is 22.3 Å². The second-order valence-electron chi connectivity index (χ2n) is 3.69.